The van der Waals surface area contributed by atoms with Crippen LogP contribution in [0, 0.1) is 11.8 Å². The van der Waals surface area contributed by atoms with E-state index in [2.05, 4.69) is 20.8 Å². The molecule has 0 amide bonds. The SMILES string of the molecule is CCCCC(CC)COC(=O)/C=C/CCC(C)CCOC(C)=O. The van der Waals surface area contributed by atoms with Crippen molar-refractivity contribution in [2.75, 3.05) is 13.2 Å². The number of ether oxygens (including phenoxy) is 2. The lowest BCUT2D eigenvalue weighted by Gasteiger charge is -2.13. The fraction of sp³-hybridized carbons (Fsp3) is 0.789. The Balaban J connectivity index is 3.76. The Morgan fingerprint density at radius 1 is 1.09 bits per heavy atom. The fourth-order valence-electron chi connectivity index (χ4n) is 2.25. The van der Waals surface area contributed by atoms with Crippen LogP contribution in [0.1, 0.15) is 72.6 Å². The number of allylic oxidation sites excluding steroid dienone is 1. The average Bonchev–Trinajstić information content (AvgIpc) is 2.51. The molecule has 0 radical (unpaired) electrons. The molecule has 23 heavy (non-hydrogen) atoms. The standard InChI is InChI=1S/C19H34O4/c1-5-7-11-18(6-2)15-23-19(21)12-9-8-10-16(3)13-14-22-17(4)20/h9,12,16,18H,5-8,10-11,13-15H2,1-4H3/b12-9+. The lowest BCUT2D eigenvalue weighted by molar-refractivity contribution is -0.141. The van der Waals surface area contributed by atoms with Crippen LogP contribution in [0.4, 0.5) is 0 Å². The second-order valence-electron chi connectivity index (χ2n) is 6.26. The minimum Gasteiger partial charge on any atom is -0.466 e. The quantitative estimate of drug-likeness (QED) is 0.364. The molecule has 0 spiro atoms. The minimum absolute atomic E-state index is 0.232. The van der Waals surface area contributed by atoms with E-state index < -0.39 is 0 Å². The number of hydrogen-bond acceptors (Lipinski definition) is 4. The Morgan fingerprint density at radius 2 is 1.83 bits per heavy atom. The van der Waals surface area contributed by atoms with Crippen LogP contribution in [0.15, 0.2) is 12.2 Å². The maximum atomic E-state index is 11.7. The Hall–Kier alpha value is -1.32. The van der Waals surface area contributed by atoms with Gasteiger partial charge in [-0.3, -0.25) is 4.79 Å². The molecule has 0 aromatic rings. The van der Waals surface area contributed by atoms with Crippen LogP contribution < -0.4 is 0 Å². The highest BCUT2D eigenvalue weighted by Crippen LogP contribution is 2.13. The van der Waals surface area contributed by atoms with E-state index in [1.807, 2.05) is 6.08 Å². The maximum absolute atomic E-state index is 11.7. The van der Waals surface area contributed by atoms with Crippen molar-refractivity contribution < 1.29 is 19.1 Å². The van der Waals surface area contributed by atoms with Gasteiger partial charge >= 0.3 is 11.9 Å². The van der Waals surface area contributed by atoms with Crippen molar-refractivity contribution in [3.05, 3.63) is 12.2 Å². The third kappa shape index (κ3) is 14.0. The third-order valence-corrected chi connectivity index (χ3v) is 4.00. The summed E-state index contributed by atoms with van der Waals surface area (Å²) in [5.74, 6) is 0.471. The summed E-state index contributed by atoms with van der Waals surface area (Å²) in [5.41, 5.74) is 0. The zero-order chi connectivity index (χ0) is 17.5. The molecule has 0 fully saturated rings. The maximum Gasteiger partial charge on any atom is 0.330 e. The van der Waals surface area contributed by atoms with Gasteiger partial charge in [-0.25, -0.2) is 4.79 Å². The summed E-state index contributed by atoms with van der Waals surface area (Å²) in [4.78, 5) is 22.3. The summed E-state index contributed by atoms with van der Waals surface area (Å²) in [6.07, 6.45) is 10.6. The number of carbonyl (C=O) groups excluding carboxylic acids is 2. The van der Waals surface area contributed by atoms with Gasteiger partial charge in [0.15, 0.2) is 0 Å². The summed E-state index contributed by atoms with van der Waals surface area (Å²) in [7, 11) is 0. The van der Waals surface area contributed by atoms with Crippen molar-refractivity contribution in [1.82, 2.24) is 0 Å². The second-order valence-corrected chi connectivity index (χ2v) is 6.26. The molecule has 134 valence electrons. The van der Waals surface area contributed by atoms with Crippen molar-refractivity contribution >= 4 is 11.9 Å². The molecule has 0 saturated carbocycles. The number of hydrogen-bond donors (Lipinski definition) is 0. The van der Waals surface area contributed by atoms with E-state index in [-0.39, 0.29) is 11.9 Å². The highest BCUT2D eigenvalue weighted by Gasteiger charge is 2.08. The lowest BCUT2D eigenvalue weighted by atomic mass is 10.0. The predicted molar refractivity (Wildman–Crippen MR) is 93.1 cm³/mol. The van der Waals surface area contributed by atoms with Crippen LogP contribution in [-0.4, -0.2) is 25.2 Å². The summed E-state index contributed by atoms with van der Waals surface area (Å²) in [5, 5.41) is 0. The highest BCUT2D eigenvalue weighted by atomic mass is 16.5. The van der Waals surface area contributed by atoms with Gasteiger partial charge in [-0.05, 0) is 37.5 Å². The van der Waals surface area contributed by atoms with Gasteiger partial charge in [0.2, 0.25) is 0 Å². The van der Waals surface area contributed by atoms with Crippen molar-refractivity contribution in [3.63, 3.8) is 0 Å². The molecule has 0 bridgehead atoms. The van der Waals surface area contributed by atoms with E-state index in [4.69, 9.17) is 9.47 Å². The van der Waals surface area contributed by atoms with Crippen molar-refractivity contribution in [2.45, 2.75) is 72.6 Å². The van der Waals surface area contributed by atoms with E-state index in [1.54, 1.807) is 0 Å². The van der Waals surface area contributed by atoms with Crippen LogP contribution >= 0.6 is 0 Å². The van der Waals surface area contributed by atoms with Crippen LogP contribution in [0.3, 0.4) is 0 Å². The van der Waals surface area contributed by atoms with Gasteiger partial charge in [0.25, 0.3) is 0 Å². The molecule has 0 aromatic carbocycles. The van der Waals surface area contributed by atoms with E-state index in [0.29, 0.717) is 25.0 Å². The Labute approximate surface area is 141 Å². The molecule has 0 rings (SSSR count). The Kier molecular flexibility index (Phi) is 13.5. The summed E-state index contributed by atoms with van der Waals surface area (Å²) in [6.45, 7) is 8.85. The van der Waals surface area contributed by atoms with Crippen molar-refractivity contribution in [2.24, 2.45) is 11.8 Å². The monoisotopic (exact) mass is 326 g/mol. The summed E-state index contributed by atoms with van der Waals surface area (Å²) in [6, 6.07) is 0. The first-order valence-corrected chi connectivity index (χ1v) is 8.96. The van der Waals surface area contributed by atoms with Gasteiger partial charge in [0.05, 0.1) is 13.2 Å². The lowest BCUT2D eigenvalue weighted by Crippen LogP contribution is -2.12. The number of rotatable bonds is 13. The van der Waals surface area contributed by atoms with E-state index >= 15 is 0 Å². The van der Waals surface area contributed by atoms with Gasteiger partial charge in [-0.1, -0.05) is 46.1 Å². The van der Waals surface area contributed by atoms with Gasteiger partial charge < -0.3 is 9.47 Å². The number of carbonyl (C=O) groups is 2. The zero-order valence-corrected chi connectivity index (χ0v) is 15.3. The molecule has 4 heteroatoms. The minimum atomic E-state index is -0.243. The van der Waals surface area contributed by atoms with E-state index in [0.717, 1.165) is 32.1 Å². The van der Waals surface area contributed by atoms with Gasteiger partial charge in [-0.2, -0.15) is 0 Å². The fourth-order valence-corrected chi connectivity index (χ4v) is 2.25. The molecule has 4 nitrogen and oxygen atoms in total. The normalized spacial score (nSPS) is 13.7. The van der Waals surface area contributed by atoms with Gasteiger partial charge in [0, 0.05) is 13.0 Å². The number of unbranched alkanes of at least 4 members (excludes halogenated alkanes) is 1. The molecular weight excluding hydrogens is 292 g/mol. The van der Waals surface area contributed by atoms with Gasteiger partial charge in [0.1, 0.15) is 0 Å². The Morgan fingerprint density at radius 3 is 2.43 bits per heavy atom. The van der Waals surface area contributed by atoms with E-state index in [9.17, 15) is 9.59 Å². The summed E-state index contributed by atoms with van der Waals surface area (Å²) < 4.78 is 10.2. The smallest absolute Gasteiger partial charge is 0.330 e. The first-order valence-electron chi connectivity index (χ1n) is 8.96. The van der Waals surface area contributed by atoms with Gasteiger partial charge in [-0.15, -0.1) is 0 Å². The van der Waals surface area contributed by atoms with E-state index in [1.165, 1.54) is 25.8 Å². The molecule has 0 aliphatic rings. The topological polar surface area (TPSA) is 52.6 Å². The van der Waals surface area contributed by atoms with Crippen LogP contribution in [0.5, 0.6) is 0 Å². The molecule has 0 aromatic heterocycles. The molecule has 0 N–H and O–H groups in total. The molecule has 0 aliphatic heterocycles. The zero-order valence-electron chi connectivity index (χ0n) is 15.3. The molecule has 0 heterocycles. The number of esters is 2. The first kappa shape index (κ1) is 21.7. The predicted octanol–water partition coefficient (Wildman–Crippen LogP) is 4.67. The molecular formula is C19H34O4. The average molecular weight is 326 g/mol. The highest BCUT2D eigenvalue weighted by molar-refractivity contribution is 5.81. The van der Waals surface area contributed by atoms with Crippen LogP contribution in [0.25, 0.3) is 0 Å². The Bertz CT molecular complexity index is 349. The van der Waals surface area contributed by atoms with Crippen molar-refractivity contribution in [1.29, 1.82) is 0 Å². The first-order chi connectivity index (χ1) is 11.0. The van der Waals surface area contributed by atoms with Crippen molar-refractivity contribution in [3.8, 4) is 0 Å². The van der Waals surface area contributed by atoms with Crippen LogP contribution in [0.2, 0.25) is 0 Å². The molecule has 2 atom stereocenters. The molecule has 0 aliphatic carbocycles. The molecule has 0 saturated heterocycles. The third-order valence-electron chi connectivity index (χ3n) is 4.00. The summed E-state index contributed by atoms with van der Waals surface area (Å²) >= 11 is 0. The molecule has 2 unspecified atom stereocenters. The second kappa shape index (κ2) is 14.3. The largest absolute Gasteiger partial charge is 0.466 e. The van der Waals surface area contributed by atoms with Crippen LogP contribution in [-0.2, 0) is 19.1 Å².